The number of carbonyl (C=O) groups excluding carboxylic acids is 1. The molecule has 26 heavy (non-hydrogen) atoms. The normalized spacial score (nSPS) is 17.1. The van der Waals surface area contributed by atoms with Gasteiger partial charge in [0.2, 0.25) is 11.7 Å². The summed E-state index contributed by atoms with van der Waals surface area (Å²) in [5.41, 5.74) is 0.864. The highest BCUT2D eigenvalue weighted by molar-refractivity contribution is 5.75. The van der Waals surface area contributed by atoms with Crippen molar-refractivity contribution in [2.45, 2.75) is 38.1 Å². The van der Waals surface area contributed by atoms with Crippen LogP contribution in [0.1, 0.15) is 44.0 Å². The number of aromatic nitrogens is 2. The first-order valence-corrected chi connectivity index (χ1v) is 8.80. The van der Waals surface area contributed by atoms with Gasteiger partial charge in [-0.3, -0.25) is 4.79 Å². The highest BCUT2D eigenvalue weighted by Gasteiger charge is 2.32. The maximum absolute atomic E-state index is 12.5. The van der Waals surface area contributed by atoms with Crippen LogP contribution >= 0.6 is 0 Å². The van der Waals surface area contributed by atoms with Crippen LogP contribution in [0.3, 0.4) is 0 Å². The van der Waals surface area contributed by atoms with Crippen LogP contribution in [0.25, 0.3) is 11.4 Å². The molecule has 0 spiro atoms. The number of hydrogen-bond acceptors (Lipinski definition) is 5. The monoisotopic (exact) mass is 358 g/mol. The fourth-order valence-corrected chi connectivity index (χ4v) is 3.04. The zero-order chi connectivity index (χ0) is 18.4. The van der Waals surface area contributed by atoms with Gasteiger partial charge in [0.25, 0.3) is 0 Å². The Morgan fingerprint density at radius 2 is 2.08 bits per heavy atom. The SMILES string of the molecule is O=C(O)CCCNC(=O)N1CCCCC1c1nc(-c2ccccc2)no1. The first-order chi connectivity index (χ1) is 12.6. The van der Waals surface area contributed by atoms with Gasteiger partial charge in [-0.25, -0.2) is 4.79 Å². The molecule has 1 aromatic heterocycles. The summed E-state index contributed by atoms with van der Waals surface area (Å²) in [4.78, 5) is 29.2. The topological polar surface area (TPSA) is 109 Å². The molecule has 1 aliphatic rings. The average molecular weight is 358 g/mol. The van der Waals surface area contributed by atoms with Gasteiger partial charge in [0, 0.05) is 25.1 Å². The fraction of sp³-hybridized carbons (Fsp3) is 0.444. The summed E-state index contributed by atoms with van der Waals surface area (Å²) in [6, 6.07) is 9.06. The molecule has 2 amide bonds. The van der Waals surface area contributed by atoms with Crippen LogP contribution in [-0.2, 0) is 4.79 Å². The summed E-state index contributed by atoms with van der Waals surface area (Å²) < 4.78 is 5.44. The molecule has 2 aromatic rings. The molecule has 1 aliphatic heterocycles. The van der Waals surface area contributed by atoms with Crippen LogP contribution in [-0.4, -0.2) is 45.2 Å². The van der Waals surface area contributed by atoms with E-state index in [0.29, 0.717) is 31.2 Å². The molecule has 0 aliphatic carbocycles. The van der Waals surface area contributed by atoms with Crippen molar-refractivity contribution in [3.8, 4) is 11.4 Å². The van der Waals surface area contributed by atoms with E-state index in [1.807, 2.05) is 30.3 Å². The minimum Gasteiger partial charge on any atom is -0.481 e. The number of rotatable bonds is 6. The molecule has 1 aromatic carbocycles. The summed E-state index contributed by atoms with van der Waals surface area (Å²) >= 11 is 0. The number of hydrogen-bond donors (Lipinski definition) is 2. The second-order valence-electron chi connectivity index (χ2n) is 6.26. The van der Waals surface area contributed by atoms with E-state index in [0.717, 1.165) is 24.8 Å². The molecule has 1 saturated heterocycles. The minimum absolute atomic E-state index is 0.0355. The number of carboxylic acids is 1. The van der Waals surface area contributed by atoms with E-state index in [-0.39, 0.29) is 18.5 Å². The second kappa shape index (κ2) is 8.46. The Morgan fingerprint density at radius 3 is 2.85 bits per heavy atom. The summed E-state index contributed by atoms with van der Waals surface area (Å²) in [5, 5.41) is 15.5. The molecular formula is C18H22N4O4. The molecule has 8 heteroatoms. The van der Waals surface area contributed by atoms with Gasteiger partial charge in [-0.2, -0.15) is 4.98 Å². The molecule has 138 valence electrons. The van der Waals surface area contributed by atoms with Crippen molar-refractivity contribution < 1.29 is 19.2 Å². The van der Waals surface area contributed by atoms with Gasteiger partial charge in [-0.05, 0) is 25.7 Å². The number of piperidine rings is 1. The van der Waals surface area contributed by atoms with Gasteiger partial charge in [-0.1, -0.05) is 35.5 Å². The van der Waals surface area contributed by atoms with E-state index in [1.165, 1.54) is 0 Å². The maximum atomic E-state index is 12.5. The molecule has 8 nitrogen and oxygen atoms in total. The highest BCUT2D eigenvalue weighted by atomic mass is 16.5. The van der Waals surface area contributed by atoms with Crippen LogP contribution < -0.4 is 5.32 Å². The third-order valence-electron chi connectivity index (χ3n) is 4.37. The van der Waals surface area contributed by atoms with Gasteiger partial charge < -0.3 is 19.8 Å². The standard InChI is InChI=1S/C18H22N4O4/c23-15(24)10-6-11-19-18(25)22-12-5-4-9-14(22)17-20-16(21-26-17)13-7-2-1-3-8-13/h1-3,7-8,14H,4-6,9-12H2,(H,19,25)(H,23,24). The number of likely N-dealkylation sites (tertiary alicyclic amines) is 1. The van der Waals surface area contributed by atoms with E-state index in [4.69, 9.17) is 9.63 Å². The van der Waals surface area contributed by atoms with Crippen LogP contribution in [0.4, 0.5) is 4.79 Å². The predicted molar refractivity (Wildman–Crippen MR) is 93.3 cm³/mol. The Kier molecular flexibility index (Phi) is 5.83. The van der Waals surface area contributed by atoms with Gasteiger partial charge >= 0.3 is 12.0 Å². The third-order valence-corrected chi connectivity index (χ3v) is 4.37. The van der Waals surface area contributed by atoms with Crippen molar-refractivity contribution in [1.29, 1.82) is 0 Å². The molecule has 2 heterocycles. The second-order valence-corrected chi connectivity index (χ2v) is 6.26. The largest absolute Gasteiger partial charge is 0.481 e. The molecule has 1 unspecified atom stereocenters. The van der Waals surface area contributed by atoms with Crippen LogP contribution in [0, 0.1) is 0 Å². The Bertz CT molecular complexity index is 747. The van der Waals surface area contributed by atoms with Crippen molar-refractivity contribution in [3.05, 3.63) is 36.2 Å². The van der Waals surface area contributed by atoms with Gasteiger partial charge in [0.15, 0.2) is 0 Å². The minimum atomic E-state index is -0.866. The highest BCUT2D eigenvalue weighted by Crippen LogP contribution is 2.31. The Balaban J connectivity index is 1.66. The van der Waals surface area contributed by atoms with Gasteiger partial charge in [0.05, 0.1) is 0 Å². The number of nitrogens with one attached hydrogen (secondary N) is 1. The number of nitrogens with zero attached hydrogens (tertiary/aromatic N) is 3. The summed E-state index contributed by atoms with van der Waals surface area (Å²) in [5.74, 6) is 0.0756. The summed E-state index contributed by atoms with van der Waals surface area (Å²) in [6.07, 6.45) is 3.10. The molecule has 1 atom stereocenters. The van der Waals surface area contributed by atoms with Crippen molar-refractivity contribution >= 4 is 12.0 Å². The van der Waals surface area contributed by atoms with E-state index in [9.17, 15) is 9.59 Å². The number of benzene rings is 1. The summed E-state index contributed by atoms with van der Waals surface area (Å²) in [7, 11) is 0. The molecule has 0 saturated carbocycles. The van der Waals surface area contributed by atoms with Crippen molar-refractivity contribution in [2.24, 2.45) is 0 Å². The van der Waals surface area contributed by atoms with Crippen LogP contribution in [0.15, 0.2) is 34.9 Å². The predicted octanol–water partition coefficient (Wildman–Crippen LogP) is 2.84. The van der Waals surface area contributed by atoms with E-state index in [1.54, 1.807) is 4.90 Å². The number of urea groups is 1. The lowest BCUT2D eigenvalue weighted by atomic mass is 10.0. The first-order valence-electron chi connectivity index (χ1n) is 8.80. The Labute approximate surface area is 151 Å². The first kappa shape index (κ1) is 17.9. The Morgan fingerprint density at radius 1 is 1.27 bits per heavy atom. The molecule has 3 rings (SSSR count). The number of amides is 2. The lowest BCUT2D eigenvalue weighted by molar-refractivity contribution is -0.137. The summed E-state index contributed by atoms with van der Waals surface area (Å²) in [6.45, 7) is 0.936. The van der Waals surface area contributed by atoms with Crippen LogP contribution in [0.5, 0.6) is 0 Å². The van der Waals surface area contributed by atoms with E-state index in [2.05, 4.69) is 15.5 Å². The van der Waals surface area contributed by atoms with Gasteiger partial charge in [-0.15, -0.1) is 0 Å². The molecular weight excluding hydrogens is 336 g/mol. The molecule has 0 bridgehead atoms. The van der Waals surface area contributed by atoms with E-state index < -0.39 is 5.97 Å². The van der Waals surface area contributed by atoms with Crippen LogP contribution in [0.2, 0.25) is 0 Å². The Hall–Kier alpha value is -2.90. The number of carbonyl (C=O) groups is 2. The van der Waals surface area contributed by atoms with E-state index >= 15 is 0 Å². The van der Waals surface area contributed by atoms with Crippen molar-refractivity contribution in [1.82, 2.24) is 20.4 Å². The molecule has 1 fully saturated rings. The van der Waals surface area contributed by atoms with Gasteiger partial charge in [0.1, 0.15) is 6.04 Å². The molecule has 2 N–H and O–H groups in total. The zero-order valence-electron chi connectivity index (χ0n) is 14.4. The smallest absolute Gasteiger partial charge is 0.318 e. The average Bonchev–Trinajstić information content (AvgIpc) is 3.16. The fourth-order valence-electron chi connectivity index (χ4n) is 3.04. The molecule has 0 radical (unpaired) electrons. The van der Waals surface area contributed by atoms with Crippen molar-refractivity contribution in [2.75, 3.05) is 13.1 Å². The lowest BCUT2D eigenvalue weighted by Gasteiger charge is -2.33. The lowest BCUT2D eigenvalue weighted by Crippen LogP contribution is -2.45. The quantitative estimate of drug-likeness (QED) is 0.769. The zero-order valence-corrected chi connectivity index (χ0v) is 14.4. The third kappa shape index (κ3) is 4.38. The number of carboxylic acid groups (broad SMARTS) is 1. The number of aliphatic carboxylic acids is 1. The maximum Gasteiger partial charge on any atom is 0.318 e. The van der Waals surface area contributed by atoms with Crippen molar-refractivity contribution in [3.63, 3.8) is 0 Å².